The Morgan fingerprint density at radius 2 is 1.72 bits per heavy atom. The van der Waals surface area contributed by atoms with Gasteiger partial charge in [-0.15, -0.1) is 11.8 Å². The predicted octanol–water partition coefficient (Wildman–Crippen LogP) is 4.25. The fourth-order valence-electron chi connectivity index (χ4n) is 3.88. The molecule has 0 radical (unpaired) electrons. The van der Waals surface area contributed by atoms with Crippen LogP contribution in [0.3, 0.4) is 0 Å². The molecule has 9 heteroatoms. The summed E-state index contributed by atoms with van der Waals surface area (Å²) in [6.45, 7) is 1.89. The van der Waals surface area contributed by atoms with Crippen molar-refractivity contribution in [3.05, 3.63) is 94.7 Å². The summed E-state index contributed by atoms with van der Waals surface area (Å²) < 4.78 is 12.6. The highest BCUT2D eigenvalue weighted by Crippen LogP contribution is 2.39. The molecule has 1 aliphatic rings. The summed E-state index contributed by atoms with van der Waals surface area (Å²) in [6.07, 6.45) is 1.07. The molecule has 0 saturated carbocycles. The number of carboxylic acid groups (broad SMARTS) is 1. The maximum absolute atomic E-state index is 11.6. The lowest BCUT2D eigenvalue weighted by atomic mass is 10.0. The van der Waals surface area contributed by atoms with Crippen molar-refractivity contribution in [2.45, 2.75) is 50.0 Å². The van der Waals surface area contributed by atoms with Gasteiger partial charge in [-0.05, 0) is 28.8 Å². The van der Waals surface area contributed by atoms with E-state index in [1.54, 1.807) is 18.3 Å². The van der Waals surface area contributed by atoms with E-state index in [1.807, 2.05) is 48.5 Å². The first-order valence-corrected chi connectivity index (χ1v) is 12.6. The van der Waals surface area contributed by atoms with Crippen molar-refractivity contribution in [1.82, 2.24) is 10.3 Å². The second-order valence-corrected chi connectivity index (χ2v) is 9.48. The van der Waals surface area contributed by atoms with Crippen LogP contribution >= 0.6 is 11.8 Å². The molecule has 0 bridgehead atoms. The highest BCUT2D eigenvalue weighted by atomic mass is 32.2. The molecule has 1 aromatic heterocycles. The number of pyridine rings is 1. The van der Waals surface area contributed by atoms with Crippen LogP contribution in [0.15, 0.2) is 71.9 Å². The Labute approximate surface area is 213 Å². The Kier molecular flexibility index (Phi) is 8.71. The lowest BCUT2D eigenvalue weighted by Crippen LogP contribution is -2.31. The molecule has 1 fully saturated rings. The van der Waals surface area contributed by atoms with Gasteiger partial charge in [0, 0.05) is 37.4 Å². The number of carbonyl (C=O) groups is 2. The van der Waals surface area contributed by atoms with Gasteiger partial charge in [0.05, 0.1) is 24.4 Å². The number of carbonyl (C=O) groups excluding carboxylic acids is 1. The molecule has 0 aliphatic carbocycles. The summed E-state index contributed by atoms with van der Waals surface area (Å²) in [5.41, 5.74) is 3.76. The molecule has 2 aromatic carbocycles. The summed E-state index contributed by atoms with van der Waals surface area (Å²) in [6, 6.07) is 18.5. The summed E-state index contributed by atoms with van der Waals surface area (Å²) >= 11 is 1.35. The van der Waals surface area contributed by atoms with Crippen molar-refractivity contribution in [2.24, 2.45) is 0 Å². The van der Waals surface area contributed by atoms with Gasteiger partial charge in [0.1, 0.15) is 5.03 Å². The zero-order chi connectivity index (χ0) is 25.5. The molecule has 3 N–H and O–H groups in total. The van der Waals surface area contributed by atoms with E-state index in [9.17, 15) is 19.8 Å². The van der Waals surface area contributed by atoms with Crippen LogP contribution < -0.4 is 5.32 Å². The molecule has 3 atom stereocenters. The first kappa shape index (κ1) is 25.8. The largest absolute Gasteiger partial charge is 0.478 e. The number of aromatic carboxylic acids is 1. The number of benzene rings is 2. The number of carboxylic acids is 1. The number of aliphatic hydroxyl groups excluding tert-OH is 1. The Balaban J connectivity index is 1.52. The SMILES string of the molecule is CC(=O)NCc1ccc([C@H]2O[C@@H](CSc3ncccc3C(=O)O)C[C@@H](c3ccc(CO)cc3)O2)cc1. The lowest BCUT2D eigenvalue weighted by Gasteiger charge is -2.36. The maximum Gasteiger partial charge on any atom is 0.338 e. The fourth-order valence-corrected chi connectivity index (χ4v) is 4.89. The fraction of sp³-hybridized carbons (Fsp3) is 0.296. The normalized spacial score (nSPS) is 19.6. The summed E-state index contributed by atoms with van der Waals surface area (Å²) in [5.74, 6) is -0.604. The Bertz CT molecular complexity index is 1190. The second kappa shape index (κ2) is 12.1. The number of aliphatic hydroxyl groups is 1. The summed E-state index contributed by atoms with van der Waals surface area (Å²) in [4.78, 5) is 27.0. The zero-order valence-electron chi connectivity index (χ0n) is 19.8. The lowest BCUT2D eigenvalue weighted by molar-refractivity contribution is -0.245. The van der Waals surface area contributed by atoms with E-state index < -0.39 is 12.3 Å². The van der Waals surface area contributed by atoms with E-state index in [0.717, 1.165) is 22.3 Å². The van der Waals surface area contributed by atoms with Crippen molar-refractivity contribution in [2.75, 3.05) is 5.75 Å². The standard InChI is InChI=1S/C27H28N2O6S/c1-17(31)29-14-18-4-10-21(11-5-18)27-34-22(16-36-25-23(26(32)33)3-2-12-28-25)13-24(35-27)20-8-6-19(15-30)7-9-20/h2-12,22,24,27,30H,13-16H2,1H3,(H,29,31)(H,32,33)/t22-,24+,27+/m1/s1. The van der Waals surface area contributed by atoms with Crippen LogP contribution in [0.4, 0.5) is 0 Å². The molecule has 188 valence electrons. The number of aromatic nitrogens is 1. The highest BCUT2D eigenvalue weighted by Gasteiger charge is 2.32. The van der Waals surface area contributed by atoms with E-state index in [1.165, 1.54) is 18.7 Å². The average Bonchev–Trinajstić information content (AvgIpc) is 2.91. The molecule has 4 rings (SSSR count). The van der Waals surface area contributed by atoms with E-state index >= 15 is 0 Å². The van der Waals surface area contributed by atoms with E-state index in [0.29, 0.717) is 23.7 Å². The van der Waals surface area contributed by atoms with Crippen LogP contribution in [0.5, 0.6) is 0 Å². The minimum Gasteiger partial charge on any atom is -0.478 e. The number of thioether (sulfide) groups is 1. The van der Waals surface area contributed by atoms with E-state index in [2.05, 4.69) is 10.3 Å². The monoisotopic (exact) mass is 508 g/mol. The van der Waals surface area contributed by atoms with E-state index in [-0.39, 0.29) is 30.3 Å². The minimum absolute atomic E-state index is 0.0301. The van der Waals surface area contributed by atoms with Gasteiger partial charge in [-0.1, -0.05) is 48.5 Å². The van der Waals surface area contributed by atoms with Crippen molar-refractivity contribution in [3.63, 3.8) is 0 Å². The molecule has 36 heavy (non-hydrogen) atoms. The molecule has 0 unspecified atom stereocenters. The van der Waals surface area contributed by atoms with Crippen molar-refractivity contribution in [1.29, 1.82) is 0 Å². The highest BCUT2D eigenvalue weighted by molar-refractivity contribution is 7.99. The van der Waals surface area contributed by atoms with Crippen LogP contribution in [0.25, 0.3) is 0 Å². The number of nitrogens with one attached hydrogen (secondary N) is 1. The third kappa shape index (κ3) is 6.70. The molecule has 1 amide bonds. The van der Waals surface area contributed by atoms with E-state index in [4.69, 9.17) is 9.47 Å². The molecule has 1 saturated heterocycles. The molecule has 8 nitrogen and oxygen atoms in total. The Morgan fingerprint density at radius 3 is 2.39 bits per heavy atom. The molecule has 2 heterocycles. The van der Waals surface area contributed by atoms with Gasteiger partial charge in [-0.2, -0.15) is 0 Å². The third-order valence-corrected chi connectivity index (χ3v) is 6.95. The number of rotatable bonds is 9. The third-order valence-electron chi connectivity index (χ3n) is 5.82. The maximum atomic E-state index is 11.6. The Morgan fingerprint density at radius 1 is 1.03 bits per heavy atom. The average molecular weight is 509 g/mol. The van der Waals surface area contributed by atoms with Crippen LogP contribution in [0, 0.1) is 0 Å². The van der Waals surface area contributed by atoms with Crippen molar-refractivity contribution >= 4 is 23.6 Å². The van der Waals surface area contributed by atoms with Crippen LogP contribution in [-0.2, 0) is 27.4 Å². The van der Waals surface area contributed by atoms with Gasteiger partial charge in [0.25, 0.3) is 0 Å². The number of nitrogens with zero attached hydrogens (tertiary/aromatic N) is 1. The summed E-state index contributed by atoms with van der Waals surface area (Å²) in [5, 5.41) is 22.1. The van der Waals surface area contributed by atoms with Crippen molar-refractivity contribution in [3.8, 4) is 0 Å². The van der Waals surface area contributed by atoms with Gasteiger partial charge < -0.3 is 25.0 Å². The quantitative estimate of drug-likeness (QED) is 0.367. The molecular weight excluding hydrogens is 480 g/mol. The summed E-state index contributed by atoms with van der Waals surface area (Å²) in [7, 11) is 0. The van der Waals surface area contributed by atoms with Crippen LogP contribution in [-0.4, -0.2) is 38.9 Å². The number of ether oxygens (including phenoxy) is 2. The van der Waals surface area contributed by atoms with Gasteiger partial charge in [0.15, 0.2) is 6.29 Å². The number of hydrogen-bond acceptors (Lipinski definition) is 7. The zero-order valence-corrected chi connectivity index (χ0v) is 20.6. The predicted molar refractivity (Wildman–Crippen MR) is 134 cm³/mol. The smallest absolute Gasteiger partial charge is 0.338 e. The molecule has 1 aliphatic heterocycles. The Hall–Kier alpha value is -3.24. The topological polar surface area (TPSA) is 118 Å². The number of amides is 1. The number of hydrogen-bond donors (Lipinski definition) is 3. The van der Waals surface area contributed by atoms with Gasteiger partial charge >= 0.3 is 5.97 Å². The van der Waals surface area contributed by atoms with Crippen LogP contribution in [0.1, 0.15) is 58.4 Å². The first-order chi connectivity index (χ1) is 17.4. The van der Waals surface area contributed by atoms with Gasteiger partial charge in [-0.25, -0.2) is 9.78 Å². The molecule has 0 spiro atoms. The van der Waals surface area contributed by atoms with Crippen molar-refractivity contribution < 1.29 is 29.3 Å². The van der Waals surface area contributed by atoms with Crippen LogP contribution in [0.2, 0.25) is 0 Å². The van der Waals surface area contributed by atoms with Gasteiger partial charge in [-0.3, -0.25) is 4.79 Å². The second-order valence-electron chi connectivity index (χ2n) is 8.47. The molecule has 3 aromatic rings. The molecular formula is C27H28N2O6S. The first-order valence-electron chi connectivity index (χ1n) is 11.6. The minimum atomic E-state index is -1.02. The van der Waals surface area contributed by atoms with Gasteiger partial charge in [0.2, 0.25) is 5.91 Å².